The molecule has 29 heavy (non-hydrogen) atoms. The number of hydrogen-bond acceptors (Lipinski definition) is 2. The van der Waals surface area contributed by atoms with Gasteiger partial charge in [0.1, 0.15) is 6.10 Å². The first-order chi connectivity index (χ1) is 13.9. The standard InChI is InChI=1S/C24H20F3NO/c1-17-28-23(19-8-4-2-5-9-19,20-10-6-3-7-11-20)22(29-17)16-18-12-14-21(15-13-18)24(25,26)27/h2-15,22H,16H2,1H3. The highest BCUT2D eigenvalue weighted by molar-refractivity contribution is 5.77. The molecule has 0 amide bonds. The quantitative estimate of drug-likeness (QED) is 0.530. The molecule has 3 aromatic rings. The number of aliphatic imine (C=N–C) groups is 1. The van der Waals surface area contributed by atoms with Crippen molar-refractivity contribution in [2.24, 2.45) is 4.99 Å². The average molecular weight is 395 g/mol. The molecule has 0 N–H and O–H groups in total. The van der Waals surface area contributed by atoms with Crippen LogP contribution in [0.2, 0.25) is 0 Å². The summed E-state index contributed by atoms with van der Waals surface area (Å²) >= 11 is 0. The van der Waals surface area contributed by atoms with Crippen LogP contribution in [0, 0.1) is 0 Å². The molecule has 0 aromatic heterocycles. The molecule has 148 valence electrons. The van der Waals surface area contributed by atoms with Crippen molar-refractivity contribution in [1.82, 2.24) is 0 Å². The van der Waals surface area contributed by atoms with E-state index in [2.05, 4.69) is 0 Å². The van der Waals surface area contributed by atoms with Crippen LogP contribution in [-0.4, -0.2) is 12.0 Å². The Morgan fingerprint density at radius 3 is 1.83 bits per heavy atom. The molecule has 1 aliphatic heterocycles. The number of nitrogens with zero attached hydrogens (tertiary/aromatic N) is 1. The van der Waals surface area contributed by atoms with Gasteiger partial charge in [0.05, 0.1) is 5.56 Å². The molecule has 0 aliphatic carbocycles. The van der Waals surface area contributed by atoms with Crippen molar-refractivity contribution in [2.75, 3.05) is 0 Å². The Labute approximate surface area is 167 Å². The molecule has 3 aromatic carbocycles. The van der Waals surface area contributed by atoms with Crippen LogP contribution >= 0.6 is 0 Å². The zero-order chi connectivity index (χ0) is 20.5. The third-order valence-corrected chi connectivity index (χ3v) is 5.24. The van der Waals surface area contributed by atoms with Crippen LogP contribution < -0.4 is 0 Å². The zero-order valence-electron chi connectivity index (χ0n) is 15.9. The first-order valence-electron chi connectivity index (χ1n) is 9.40. The van der Waals surface area contributed by atoms with Gasteiger partial charge in [-0.1, -0.05) is 72.8 Å². The number of hydrogen-bond donors (Lipinski definition) is 0. The maximum absolute atomic E-state index is 12.9. The summed E-state index contributed by atoms with van der Waals surface area (Å²) in [4.78, 5) is 4.91. The fourth-order valence-corrected chi connectivity index (χ4v) is 3.92. The maximum Gasteiger partial charge on any atom is 0.416 e. The number of halogens is 3. The minimum Gasteiger partial charge on any atom is -0.474 e. The van der Waals surface area contributed by atoms with Crippen LogP contribution in [0.15, 0.2) is 89.9 Å². The molecule has 0 saturated heterocycles. The van der Waals surface area contributed by atoms with E-state index in [1.807, 2.05) is 67.6 Å². The summed E-state index contributed by atoms with van der Waals surface area (Å²) in [6.07, 6.45) is -4.29. The van der Waals surface area contributed by atoms with Gasteiger partial charge in [-0.15, -0.1) is 0 Å². The monoisotopic (exact) mass is 395 g/mol. The van der Waals surface area contributed by atoms with E-state index in [4.69, 9.17) is 9.73 Å². The van der Waals surface area contributed by atoms with Gasteiger partial charge in [0.15, 0.2) is 11.4 Å². The van der Waals surface area contributed by atoms with E-state index in [-0.39, 0.29) is 6.10 Å². The van der Waals surface area contributed by atoms with Gasteiger partial charge in [-0.25, -0.2) is 4.99 Å². The molecular weight excluding hydrogens is 375 g/mol. The Bertz CT molecular complexity index is 956. The Morgan fingerprint density at radius 1 is 0.828 bits per heavy atom. The second-order valence-corrected chi connectivity index (χ2v) is 7.13. The molecule has 0 fully saturated rings. The van der Waals surface area contributed by atoms with E-state index in [1.54, 1.807) is 0 Å². The zero-order valence-corrected chi connectivity index (χ0v) is 15.9. The Balaban J connectivity index is 1.76. The highest BCUT2D eigenvalue weighted by Crippen LogP contribution is 2.44. The minimum atomic E-state index is -4.35. The molecule has 4 rings (SSSR count). The lowest BCUT2D eigenvalue weighted by Crippen LogP contribution is -2.38. The summed E-state index contributed by atoms with van der Waals surface area (Å²) in [6, 6.07) is 25.0. The summed E-state index contributed by atoms with van der Waals surface area (Å²) < 4.78 is 44.8. The fourth-order valence-electron chi connectivity index (χ4n) is 3.92. The van der Waals surface area contributed by atoms with Gasteiger partial charge in [-0.3, -0.25) is 0 Å². The number of rotatable bonds is 4. The van der Waals surface area contributed by atoms with E-state index in [0.29, 0.717) is 12.3 Å². The lowest BCUT2D eigenvalue weighted by Gasteiger charge is -2.33. The van der Waals surface area contributed by atoms with Gasteiger partial charge < -0.3 is 4.74 Å². The van der Waals surface area contributed by atoms with Gasteiger partial charge in [-0.2, -0.15) is 13.2 Å². The van der Waals surface area contributed by atoms with Crippen LogP contribution in [0.4, 0.5) is 13.2 Å². The highest BCUT2D eigenvalue weighted by atomic mass is 19.4. The normalized spacial score (nSPS) is 18.2. The van der Waals surface area contributed by atoms with Crippen LogP contribution in [0.25, 0.3) is 0 Å². The first kappa shape index (κ1) is 19.2. The van der Waals surface area contributed by atoms with E-state index in [0.717, 1.165) is 28.8 Å². The van der Waals surface area contributed by atoms with Crippen LogP contribution in [0.3, 0.4) is 0 Å². The molecule has 0 saturated carbocycles. The summed E-state index contributed by atoms with van der Waals surface area (Å²) in [5.41, 5.74) is 1.33. The number of alkyl halides is 3. The van der Waals surface area contributed by atoms with Crippen molar-refractivity contribution in [3.05, 3.63) is 107 Å². The third-order valence-electron chi connectivity index (χ3n) is 5.24. The SMILES string of the molecule is CC1=NC(c2ccccc2)(c2ccccc2)C(Cc2ccc(C(F)(F)F)cc2)O1. The summed E-state index contributed by atoms with van der Waals surface area (Å²) in [6.45, 7) is 1.81. The van der Waals surface area contributed by atoms with Gasteiger partial charge in [0.2, 0.25) is 0 Å². The molecule has 1 aliphatic rings. The number of benzene rings is 3. The summed E-state index contributed by atoms with van der Waals surface area (Å²) in [7, 11) is 0. The van der Waals surface area contributed by atoms with Crippen LogP contribution in [0.1, 0.15) is 29.2 Å². The van der Waals surface area contributed by atoms with Crippen molar-refractivity contribution in [1.29, 1.82) is 0 Å². The highest BCUT2D eigenvalue weighted by Gasteiger charge is 2.48. The van der Waals surface area contributed by atoms with Crippen LogP contribution in [-0.2, 0) is 22.9 Å². The number of ether oxygens (including phenoxy) is 1. The molecular formula is C24H20F3NO. The second kappa shape index (κ2) is 7.39. The Hall–Kier alpha value is -3.08. The van der Waals surface area contributed by atoms with E-state index < -0.39 is 17.3 Å². The summed E-state index contributed by atoms with van der Waals surface area (Å²) in [5, 5.41) is 0. The van der Waals surface area contributed by atoms with E-state index in [1.165, 1.54) is 12.1 Å². The van der Waals surface area contributed by atoms with Gasteiger partial charge in [-0.05, 0) is 28.8 Å². The fraction of sp³-hybridized carbons (Fsp3) is 0.208. The van der Waals surface area contributed by atoms with Crippen molar-refractivity contribution in [3.8, 4) is 0 Å². The molecule has 0 bridgehead atoms. The third kappa shape index (κ3) is 3.65. The maximum atomic E-state index is 12.9. The first-order valence-corrected chi connectivity index (χ1v) is 9.40. The van der Waals surface area contributed by atoms with Crippen molar-refractivity contribution < 1.29 is 17.9 Å². The van der Waals surface area contributed by atoms with Gasteiger partial charge in [0.25, 0.3) is 0 Å². The average Bonchev–Trinajstić information content (AvgIpc) is 3.06. The lowest BCUT2D eigenvalue weighted by atomic mass is 9.77. The van der Waals surface area contributed by atoms with Crippen molar-refractivity contribution >= 4 is 5.90 Å². The van der Waals surface area contributed by atoms with Gasteiger partial charge >= 0.3 is 6.18 Å². The minimum absolute atomic E-state index is 0.371. The lowest BCUT2D eigenvalue weighted by molar-refractivity contribution is -0.137. The largest absolute Gasteiger partial charge is 0.474 e. The van der Waals surface area contributed by atoms with Crippen molar-refractivity contribution in [3.63, 3.8) is 0 Å². The molecule has 1 atom stereocenters. The van der Waals surface area contributed by atoms with Crippen LogP contribution in [0.5, 0.6) is 0 Å². The predicted molar refractivity (Wildman–Crippen MR) is 107 cm³/mol. The topological polar surface area (TPSA) is 21.6 Å². The second-order valence-electron chi connectivity index (χ2n) is 7.13. The molecule has 0 radical (unpaired) electrons. The van der Waals surface area contributed by atoms with Gasteiger partial charge in [0, 0.05) is 13.3 Å². The Morgan fingerprint density at radius 2 is 1.34 bits per heavy atom. The smallest absolute Gasteiger partial charge is 0.416 e. The Kier molecular flexibility index (Phi) is 4.91. The van der Waals surface area contributed by atoms with E-state index in [9.17, 15) is 13.2 Å². The molecule has 2 nitrogen and oxygen atoms in total. The predicted octanol–water partition coefficient (Wildman–Crippen LogP) is 6.01. The molecule has 0 spiro atoms. The van der Waals surface area contributed by atoms with E-state index >= 15 is 0 Å². The van der Waals surface area contributed by atoms with Crippen molar-refractivity contribution in [2.45, 2.75) is 31.2 Å². The molecule has 1 unspecified atom stereocenters. The molecule has 1 heterocycles. The molecule has 5 heteroatoms. The summed E-state index contributed by atoms with van der Waals surface area (Å²) in [5.74, 6) is 0.564.